The number of hydrogen-bond donors (Lipinski definition) is 0. The van der Waals surface area contributed by atoms with Gasteiger partial charge in [-0.15, -0.1) is 11.3 Å². The van der Waals surface area contributed by atoms with Crippen molar-refractivity contribution < 1.29 is 14.3 Å². The van der Waals surface area contributed by atoms with Gasteiger partial charge in [0, 0.05) is 36.8 Å². The molecule has 0 spiro atoms. The Morgan fingerprint density at radius 1 is 1.25 bits per heavy atom. The van der Waals surface area contributed by atoms with E-state index in [4.69, 9.17) is 14.5 Å². The quantitative estimate of drug-likeness (QED) is 0.456. The molecule has 1 aliphatic heterocycles. The molecule has 1 aliphatic rings. The van der Waals surface area contributed by atoms with E-state index in [1.165, 1.54) is 0 Å². The summed E-state index contributed by atoms with van der Waals surface area (Å²) < 4.78 is 14.6. The number of thiazole rings is 1. The Morgan fingerprint density at radius 2 is 2.12 bits per heavy atom. The van der Waals surface area contributed by atoms with Crippen molar-refractivity contribution in [2.45, 2.75) is 26.4 Å². The second kappa shape index (κ2) is 8.63. The summed E-state index contributed by atoms with van der Waals surface area (Å²) in [6.45, 7) is 3.94. The summed E-state index contributed by atoms with van der Waals surface area (Å²) in [7, 11) is 1.64. The predicted molar refractivity (Wildman–Crippen MR) is 124 cm³/mol. The van der Waals surface area contributed by atoms with Crippen LogP contribution < -0.4 is 9.47 Å². The lowest BCUT2D eigenvalue weighted by molar-refractivity contribution is -0.132. The van der Waals surface area contributed by atoms with E-state index in [9.17, 15) is 4.79 Å². The van der Waals surface area contributed by atoms with Crippen LogP contribution in [0.4, 0.5) is 0 Å². The lowest BCUT2D eigenvalue weighted by Gasteiger charge is -2.20. The Hall–Kier alpha value is -3.39. The van der Waals surface area contributed by atoms with E-state index >= 15 is 0 Å². The monoisotopic (exact) mass is 448 g/mol. The maximum Gasteiger partial charge on any atom is 0.224 e. The Balaban J connectivity index is 1.41. The number of carbonyl (C=O) groups excluding carboxylic acids is 1. The summed E-state index contributed by atoms with van der Waals surface area (Å²) in [4.78, 5) is 19.6. The van der Waals surface area contributed by atoms with Gasteiger partial charge in [-0.25, -0.2) is 4.98 Å². The number of aryl methyl sites for hydroxylation is 2. The standard InChI is InChI=1S/C24H24N4O3S/c1-16-7-9-28(26-16)10-8-22(29)27-11-12-31-23-18(15-27)13-17(14-20(23)30-2)24-25-19-5-3-4-6-21(19)32-24/h3-7,9,13-14H,8,10-12,15H2,1-2H3. The average Bonchev–Trinajstić information content (AvgIpc) is 3.36. The zero-order valence-electron chi connectivity index (χ0n) is 18.1. The number of benzene rings is 2. The molecular formula is C24H24N4O3S. The van der Waals surface area contributed by atoms with E-state index in [2.05, 4.69) is 17.2 Å². The molecule has 0 fully saturated rings. The van der Waals surface area contributed by atoms with Gasteiger partial charge in [0.1, 0.15) is 11.6 Å². The Kier molecular flexibility index (Phi) is 5.53. The molecule has 164 valence electrons. The number of fused-ring (bicyclic) bond motifs is 2. The summed E-state index contributed by atoms with van der Waals surface area (Å²) >= 11 is 1.64. The number of amides is 1. The average molecular weight is 449 g/mol. The SMILES string of the molecule is COc1cc(-c2nc3ccccc3s2)cc2c1OCCN(C(=O)CCn1ccc(C)n1)C2. The molecule has 0 unspecified atom stereocenters. The van der Waals surface area contributed by atoms with Crippen LogP contribution in [0.3, 0.4) is 0 Å². The molecule has 2 aromatic heterocycles. The third-order valence-electron chi connectivity index (χ3n) is 5.54. The zero-order chi connectivity index (χ0) is 22.1. The molecule has 0 N–H and O–H groups in total. The molecule has 8 heteroatoms. The first-order valence-electron chi connectivity index (χ1n) is 10.6. The van der Waals surface area contributed by atoms with Crippen molar-refractivity contribution in [2.75, 3.05) is 20.3 Å². The van der Waals surface area contributed by atoms with Crippen molar-refractivity contribution in [1.82, 2.24) is 19.7 Å². The molecule has 32 heavy (non-hydrogen) atoms. The summed E-state index contributed by atoms with van der Waals surface area (Å²) in [6, 6.07) is 14.1. The minimum absolute atomic E-state index is 0.0824. The highest BCUT2D eigenvalue weighted by molar-refractivity contribution is 7.21. The zero-order valence-corrected chi connectivity index (χ0v) is 18.9. The number of nitrogens with zero attached hydrogens (tertiary/aromatic N) is 4. The van der Waals surface area contributed by atoms with Gasteiger partial charge in [-0.05, 0) is 37.3 Å². The molecule has 7 nitrogen and oxygen atoms in total. The van der Waals surface area contributed by atoms with Crippen molar-refractivity contribution in [3.63, 3.8) is 0 Å². The molecule has 3 heterocycles. The minimum atomic E-state index is 0.0824. The van der Waals surface area contributed by atoms with E-state index in [0.717, 1.165) is 32.0 Å². The summed E-state index contributed by atoms with van der Waals surface area (Å²) in [5.74, 6) is 1.45. The fourth-order valence-corrected chi connectivity index (χ4v) is 4.88. The first kappa shape index (κ1) is 20.5. The van der Waals surface area contributed by atoms with Crippen LogP contribution in [-0.4, -0.2) is 45.8 Å². The van der Waals surface area contributed by atoms with Crippen molar-refractivity contribution in [1.29, 1.82) is 0 Å². The van der Waals surface area contributed by atoms with E-state index in [-0.39, 0.29) is 5.91 Å². The molecule has 1 amide bonds. The second-order valence-electron chi connectivity index (χ2n) is 7.79. The van der Waals surface area contributed by atoms with Crippen molar-refractivity contribution in [3.8, 4) is 22.1 Å². The molecule has 0 radical (unpaired) electrons. The van der Waals surface area contributed by atoms with Crippen molar-refractivity contribution >= 4 is 27.5 Å². The first-order valence-corrected chi connectivity index (χ1v) is 11.4. The molecule has 2 aromatic carbocycles. The van der Waals surface area contributed by atoms with Crippen LogP contribution in [0.2, 0.25) is 0 Å². The predicted octanol–water partition coefficient (Wildman–Crippen LogP) is 4.29. The Bertz CT molecular complexity index is 1250. The molecule has 0 atom stereocenters. The van der Waals surface area contributed by atoms with Gasteiger partial charge in [-0.1, -0.05) is 12.1 Å². The van der Waals surface area contributed by atoms with E-state index in [0.29, 0.717) is 44.2 Å². The molecule has 4 aromatic rings. The van der Waals surface area contributed by atoms with Gasteiger partial charge < -0.3 is 14.4 Å². The first-order chi connectivity index (χ1) is 15.6. The van der Waals surface area contributed by atoms with Crippen LogP contribution in [0, 0.1) is 6.92 Å². The third-order valence-corrected chi connectivity index (χ3v) is 6.63. The van der Waals surface area contributed by atoms with Crippen LogP contribution in [0.5, 0.6) is 11.5 Å². The number of methoxy groups -OCH3 is 1. The second-order valence-corrected chi connectivity index (χ2v) is 8.82. The van der Waals surface area contributed by atoms with E-state index < -0.39 is 0 Å². The molecule has 0 saturated heterocycles. The fraction of sp³-hybridized carbons (Fsp3) is 0.292. The van der Waals surface area contributed by atoms with Gasteiger partial charge >= 0.3 is 0 Å². The molecule has 0 bridgehead atoms. The topological polar surface area (TPSA) is 69.5 Å². The van der Waals surface area contributed by atoms with Crippen LogP contribution in [0.1, 0.15) is 17.7 Å². The van der Waals surface area contributed by atoms with E-state index in [1.807, 2.05) is 53.0 Å². The van der Waals surface area contributed by atoms with Gasteiger partial charge in [0.25, 0.3) is 0 Å². The van der Waals surface area contributed by atoms with Crippen molar-refractivity contribution in [2.24, 2.45) is 0 Å². The smallest absolute Gasteiger partial charge is 0.224 e. The van der Waals surface area contributed by atoms with Gasteiger partial charge in [-0.3, -0.25) is 9.48 Å². The number of aromatic nitrogens is 3. The van der Waals surface area contributed by atoms with E-state index in [1.54, 1.807) is 18.4 Å². The largest absolute Gasteiger partial charge is 0.493 e. The fourth-order valence-electron chi connectivity index (χ4n) is 3.92. The lowest BCUT2D eigenvalue weighted by atomic mass is 10.1. The van der Waals surface area contributed by atoms with Gasteiger partial charge in [0.15, 0.2) is 11.5 Å². The highest BCUT2D eigenvalue weighted by atomic mass is 32.1. The number of carbonyl (C=O) groups is 1. The minimum Gasteiger partial charge on any atom is -0.493 e. The highest BCUT2D eigenvalue weighted by Crippen LogP contribution is 2.40. The molecule has 0 aliphatic carbocycles. The van der Waals surface area contributed by atoms with Crippen LogP contribution in [0.25, 0.3) is 20.8 Å². The van der Waals surface area contributed by atoms with Crippen LogP contribution >= 0.6 is 11.3 Å². The maximum absolute atomic E-state index is 13.0. The van der Waals surface area contributed by atoms with Crippen LogP contribution in [0.15, 0.2) is 48.7 Å². The van der Waals surface area contributed by atoms with Gasteiger partial charge in [-0.2, -0.15) is 5.10 Å². The Labute approximate surface area is 190 Å². The number of ether oxygens (including phenoxy) is 2. The molecule has 0 saturated carbocycles. The summed E-state index contributed by atoms with van der Waals surface area (Å²) in [5, 5.41) is 5.29. The summed E-state index contributed by atoms with van der Waals surface area (Å²) in [6.07, 6.45) is 2.30. The molecular weight excluding hydrogens is 424 g/mol. The maximum atomic E-state index is 13.0. The van der Waals surface area contributed by atoms with Gasteiger partial charge in [0.2, 0.25) is 5.91 Å². The van der Waals surface area contributed by atoms with Crippen molar-refractivity contribution in [3.05, 3.63) is 59.9 Å². The normalized spacial score (nSPS) is 13.5. The highest BCUT2D eigenvalue weighted by Gasteiger charge is 2.24. The number of para-hydroxylation sites is 1. The van der Waals surface area contributed by atoms with Gasteiger partial charge in [0.05, 0.1) is 29.6 Å². The third kappa shape index (κ3) is 4.05. The molecule has 5 rings (SSSR count). The summed E-state index contributed by atoms with van der Waals surface area (Å²) in [5.41, 5.74) is 3.82. The lowest BCUT2D eigenvalue weighted by Crippen LogP contribution is -2.33. The number of rotatable bonds is 5. The number of hydrogen-bond acceptors (Lipinski definition) is 6. The van der Waals surface area contributed by atoms with Crippen LogP contribution in [-0.2, 0) is 17.9 Å². The Morgan fingerprint density at radius 3 is 2.91 bits per heavy atom.